The van der Waals surface area contributed by atoms with Crippen LogP contribution in [-0.4, -0.2) is 22.8 Å². The van der Waals surface area contributed by atoms with E-state index in [1.807, 2.05) is 0 Å². The van der Waals surface area contributed by atoms with Gasteiger partial charge in [0.25, 0.3) is 10.0 Å². The van der Waals surface area contributed by atoms with Crippen molar-refractivity contribution >= 4 is 38.6 Å². The SMILES string of the molecule is CC(NS(=O)(=O)c1c(Cl)nc2ccccn12)c1nccs1. The number of hydrogen-bond acceptors (Lipinski definition) is 5. The highest BCUT2D eigenvalue weighted by Gasteiger charge is 2.26. The van der Waals surface area contributed by atoms with Crippen LogP contribution < -0.4 is 4.72 Å². The molecule has 0 aliphatic heterocycles. The van der Waals surface area contributed by atoms with Gasteiger partial charge in [0.1, 0.15) is 10.7 Å². The zero-order valence-corrected chi connectivity index (χ0v) is 13.3. The number of hydrogen-bond donors (Lipinski definition) is 1. The third-order valence-electron chi connectivity index (χ3n) is 2.85. The summed E-state index contributed by atoms with van der Waals surface area (Å²) in [5.41, 5.74) is 0.477. The Morgan fingerprint density at radius 3 is 2.95 bits per heavy atom. The molecular formula is C12H11ClN4O2S2. The molecule has 0 saturated carbocycles. The monoisotopic (exact) mass is 342 g/mol. The number of rotatable bonds is 4. The molecule has 0 radical (unpaired) electrons. The first-order chi connectivity index (χ1) is 9.99. The highest BCUT2D eigenvalue weighted by molar-refractivity contribution is 7.89. The molecule has 3 aromatic heterocycles. The maximum atomic E-state index is 12.6. The van der Waals surface area contributed by atoms with Crippen molar-refractivity contribution < 1.29 is 8.42 Å². The van der Waals surface area contributed by atoms with E-state index in [9.17, 15) is 8.42 Å². The number of pyridine rings is 1. The van der Waals surface area contributed by atoms with E-state index in [-0.39, 0.29) is 10.2 Å². The maximum absolute atomic E-state index is 12.6. The van der Waals surface area contributed by atoms with Crippen LogP contribution in [-0.2, 0) is 10.0 Å². The van der Waals surface area contributed by atoms with Gasteiger partial charge in [0.2, 0.25) is 0 Å². The lowest BCUT2D eigenvalue weighted by Gasteiger charge is -2.11. The number of imidazole rings is 1. The Kier molecular flexibility index (Phi) is 3.70. The lowest BCUT2D eigenvalue weighted by atomic mass is 10.4. The number of halogens is 1. The Bertz CT molecular complexity index is 874. The van der Waals surface area contributed by atoms with E-state index < -0.39 is 16.1 Å². The Morgan fingerprint density at radius 1 is 1.43 bits per heavy atom. The molecular weight excluding hydrogens is 332 g/mol. The molecule has 0 bridgehead atoms. The van der Waals surface area contributed by atoms with E-state index in [4.69, 9.17) is 11.6 Å². The Labute approximate surface area is 130 Å². The third-order valence-corrected chi connectivity index (χ3v) is 5.75. The van der Waals surface area contributed by atoms with Crippen LogP contribution in [0.2, 0.25) is 5.15 Å². The molecule has 6 nitrogen and oxygen atoms in total. The van der Waals surface area contributed by atoms with Gasteiger partial charge in [-0.2, -0.15) is 0 Å². The summed E-state index contributed by atoms with van der Waals surface area (Å²) >= 11 is 7.38. The molecule has 0 aromatic carbocycles. The molecule has 9 heteroatoms. The van der Waals surface area contributed by atoms with Crippen molar-refractivity contribution in [2.24, 2.45) is 0 Å². The number of fused-ring (bicyclic) bond motifs is 1. The molecule has 110 valence electrons. The summed E-state index contributed by atoms with van der Waals surface area (Å²) in [6, 6.07) is 4.73. The van der Waals surface area contributed by atoms with Gasteiger partial charge in [-0.15, -0.1) is 11.3 Å². The molecule has 21 heavy (non-hydrogen) atoms. The van der Waals surface area contributed by atoms with Crippen LogP contribution in [0.25, 0.3) is 5.65 Å². The minimum absolute atomic E-state index is 0.0555. The second-order valence-corrected chi connectivity index (χ2v) is 7.26. The number of nitrogens with zero attached hydrogens (tertiary/aromatic N) is 3. The standard InChI is InChI=1S/C12H11ClN4O2S2/c1-8(11-14-5-7-20-11)16-21(18,19)12-10(13)15-9-4-2-3-6-17(9)12/h2-8,16H,1H3. The molecule has 0 saturated heterocycles. The van der Waals surface area contributed by atoms with Gasteiger partial charge < -0.3 is 0 Å². The van der Waals surface area contributed by atoms with Crippen molar-refractivity contribution in [3.8, 4) is 0 Å². The van der Waals surface area contributed by atoms with Crippen molar-refractivity contribution in [2.75, 3.05) is 0 Å². The predicted molar refractivity (Wildman–Crippen MR) is 81.1 cm³/mol. The number of thiazole rings is 1. The fourth-order valence-electron chi connectivity index (χ4n) is 1.97. The zero-order valence-electron chi connectivity index (χ0n) is 10.9. The molecule has 1 N–H and O–H groups in total. The molecule has 0 fully saturated rings. The number of aromatic nitrogens is 3. The van der Waals surface area contributed by atoms with E-state index in [2.05, 4.69) is 14.7 Å². The van der Waals surface area contributed by atoms with E-state index >= 15 is 0 Å². The van der Waals surface area contributed by atoms with E-state index in [1.165, 1.54) is 15.7 Å². The lowest BCUT2D eigenvalue weighted by molar-refractivity contribution is 0.561. The molecule has 0 aliphatic rings. The van der Waals surface area contributed by atoms with Gasteiger partial charge in [-0.25, -0.2) is 23.1 Å². The summed E-state index contributed by atoms with van der Waals surface area (Å²) in [6.07, 6.45) is 3.24. The first kappa shape index (κ1) is 14.5. The van der Waals surface area contributed by atoms with Crippen molar-refractivity contribution in [3.63, 3.8) is 0 Å². The summed E-state index contributed by atoms with van der Waals surface area (Å²) in [7, 11) is -3.81. The molecule has 0 aliphatic carbocycles. The molecule has 0 amide bonds. The highest BCUT2D eigenvalue weighted by Crippen LogP contribution is 2.24. The number of sulfonamides is 1. The average Bonchev–Trinajstić information content (AvgIpc) is 3.04. The molecule has 0 spiro atoms. The predicted octanol–water partition coefficient (Wildman–Crippen LogP) is 2.48. The van der Waals surface area contributed by atoms with Crippen LogP contribution in [0.15, 0.2) is 41.0 Å². The van der Waals surface area contributed by atoms with Gasteiger partial charge in [0.05, 0.1) is 6.04 Å². The van der Waals surface area contributed by atoms with Crippen molar-refractivity contribution in [3.05, 3.63) is 46.1 Å². The molecule has 1 unspecified atom stereocenters. The Morgan fingerprint density at radius 2 is 2.24 bits per heavy atom. The van der Waals surface area contributed by atoms with Crippen LogP contribution in [0.1, 0.15) is 18.0 Å². The number of nitrogens with one attached hydrogen (secondary N) is 1. The second-order valence-electron chi connectivity index (χ2n) is 4.35. The van der Waals surface area contributed by atoms with Crippen molar-refractivity contribution in [2.45, 2.75) is 18.0 Å². The van der Waals surface area contributed by atoms with Crippen LogP contribution >= 0.6 is 22.9 Å². The zero-order chi connectivity index (χ0) is 15.0. The van der Waals surface area contributed by atoms with Crippen molar-refractivity contribution in [1.29, 1.82) is 0 Å². The molecule has 3 heterocycles. The van der Waals surface area contributed by atoms with E-state index in [1.54, 1.807) is 42.9 Å². The first-order valence-corrected chi connectivity index (χ1v) is 8.77. The normalized spacial score (nSPS) is 13.6. The van der Waals surface area contributed by atoms with Crippen LogP contribution in [0, 0.1) is 0 Å². The summed E-state index contributed by atoms with van der Waals surface area (Å²) < 4.78 is 29.1. The fraction of sp³-hybridized carbons (Fsp3) is 0.167. The highest BCUT2D eigenvalue weighted by atomic mass is 35.5. The summed E-state index contributed by atoms with van der Waals surface area (Å²) in [4.78, 5) is 8.15. The smallest absolute Gasteiger partial charge is 0.260 e. The van der Waals surface area contributed by atoms with Gasteiger partial charge in [0.15, 0.2) is 10.2 Å². The Hall–Kier alpha value is -1.48. The van der Waals surface area contributed by atoms with Crippen LogP contribution in [0.3, 0.4) is 0 Å². The summed E-state index contributed by atoms with van der Waals surface area (Å²) in [6.45, 7) is 1.73. The van der Waals surface area contributed by atoms with Gasteiger partial charge in [0, 0.05) is 17.8 Å². The van der Waals surface area contributed by atoms with Gasteiger partial charge >= 0.3 is 0 Å². The minimum Gasteiger partial charge on any atom is -0.288 e. The van der Waals surface area contributed by atoms with Gasteiger partial charge in [-0.05, 0) is 19.1 Å². The van der Waals surface area contributed by atoms with E-state index in [0.717, 1.165) is 0 Å². The first-order valence-electron chi connectivity index (χ1n) is 6.03. The molecule has 3 rings (SSSR count). The fourth-order valence-corrected chi connectivity index (χ4v) is 4.54. The topological polar surface area (TPSA) is 76.4 Å². The lowest BCUT2D eigenvalue weighted by Crippen LogP contribution is -2.28. The van der Waals surface area contributed by atoms with Gasteiger partial charge in [-0.1, -0.05) is 17.7 Å². The third kappa shape index (κ3) is 2.67. The average molecular weight is 343 g/mol. The van der Waals surface area contributed by atoms with E-state index in [0.29, 0.717) is 10.7 Å². The minimum atomic E-state index is -3.81. The quantitative estimate of drug-likeness (QED) is 0.790. The van der Waals surface area contributed by atoms with Crippen LogP contribution in [0.4, 0.5) is 0 Å². The summed E-state index contributed by atoms with van der Waals surface area (Å²) in [5, 5.41) is 2.35. The Balaban J connectivity index is 2.03. The van der Waals surface area contributed by atoms with Gasteiger partial charge in [-0.3, -0.25) is 4.40 Å². The summed E-state index contributed by atoms with van der Waals surface area (Å²) in [5.74, 6) is 0. The van der Waals surface area contributed by atoms with Crippen LogP contribution in [0.5, 0.6) is 0 Å². The maximum Gasteiger partial charge on any atom is 0.260 e. The second kappa shape index (κ2) is 5.38. The molecule has 3 aromatic rings. The van der Waals surface area contributed by atoms with Crippen molar-refractivity contribution in [1.82, 2.24) is 19.1 Å². The molecule has 1 atom stereocenters. The largest absolute Gasteiger partial charge is 0.288 e.